The third kappa shape index (κ3) is 5.33. The van der Waals surface area contributed by atoms with E-state index in [1.807, 2.05) is 6.07 Å². The van der Waals surface area contributed by atoms with Gasteiger partial charge in [0.15, 0.2) is 0 Å². The highest BCUT2D eigenvalue weighted by Gasteiger charge is 2.24. The number of aliphatic carboxylic acids is 1. The molecule has 2 heterocycles. The van der Waals surface area contributed by atoms with Crippen LogP contribution in [0.4, 0.5) is 0 Å². The fourth-order valence-corrected chi connectivity index (χ4v) is 3.68. The fraction of sp³-hybridized carbons (Fsp3) is 0.579. The van der Waals surface area contributed by atoms with Crippen LogP contribution in [-0.4, -0.2) is 26.0 Å². The Morgan fingerprint density at radius 1 is 1.24 bits per heavy atom. The average molecular weight is 362 g/mol. The van der Waals surface area contributed by atoms with Gasteiger partial charge in [-0.3, -0.25) is 4.79 Å². The number of thiazole rings is 1. The highest BCUT2D eigenvalue weighted by molar-refractivity contribution is 7.15. The van der Waals surface area contributed by atoms with Gasteiger partial charge in [-0.1, -0.05) is 34.6 Å². The van der Waals surface area contributed by atoms with Crippen LogP contribution in [0.15, 0.2) is 12.3 Å². The molecular weight excluding hydrogens is 334 g/mol. The first-order chi connectivity index (χ1) is 11.7. The zero-order valence-corrected chi connectivity index (χ0v) is 16.5. The molecule has 5 nitrogen and oxygen atoms in total. The van der Waals surface area contributed by atoms with Crippen LogP contribution >= 0.6 is 11.3 Å². The summed E-state index contributed by atoms with van der Waals surface area (Å²) in [6.07, 6.45) is 4.11. The Morgan fingerprint density at radius 3 is 2.56 bits per heavy atom. The van der Waals surface area contributed by atoms with Crippen molar-refractivity contribution in [1.29, 1.82) is 0 Å². The van der Waals surface area contributed by atoms with Crippen molar-refractivity contribution in [3.05, 3.63) is 28.8 Å². The van der Waals surface area contributed by atoms with E-state index >= 15 is 0 Å². The minimum atomic E-state index is -0.754. The summed E-state index contributed by atoms with van der Waals surface area (Å²) in [5.41, 5.74) is 2.02. The first-order valence-corrected chi connectivity index (χ1v) is 9.55. The standard InChI is InChI=1S/C19H27N3O2S/c1-12(2)16-17(25-18(22-16)19(3,4)5)13-10-11-20-14(21-13)8-6-7-9-15(23)24/h10-12H,6-9H2,1-5H3,(H,23,24). The summed E-state index contributed by atoms with van der Waals surface area (Å²) >= 11 is 1.71. The molecule has 0 aliphatic carbocycles. The summed E-state index contributed by atoms with van der Waals surface area (Å²) in [6, 6.07) is 1.94. The number of unbranched alkanes of at least 4 members (excludes halogenated alkanes) is 1. The molecule has 0 atom stereocenters. The Morgan fingerprint density at radius 2 is 1.96 bits per heavy atom. The Hall–Kier alpha value is -1.82. The summed E-state index contributed by atoms with van der Waals surface area (Å²) in [4.78, 5) is 25.6. The molecule has 2 aromatic rings. The summed E-state index contributed by atoms with van der Waals surface area (Å²) in [5.74, 6) is 0.343. The Labute approximate surface area is 153 Å². The van der Waals surface area contributed by atoms with Crippen LogP contribution in [0.5, 0.6) is 0 Å². The molecule has 2 rings (SSSR count). The van der Waals surface area contributed by atoms with Gasteiger partial charge in [-0.05, 0) is 24.8 Å². The molecule has 0 bridgehead atoms. The van der Waals surface area contributed by atoms with E-state index in [2.05, 4.69) is 39.6 Å². The number of hydrogen-bond acceptors (Lipinski definition) is 5. The van der Waals surface area contributed by atoms with E-state index in [0.29, 0.717) is 18.8 Å². The zero-order chi connectivity index (χ0) is 18.6. The molecule has 0 aliphatic heterocycles. The highest BCUT2D eigenvalue weighted by atomic mass is 32.1. The molecular formula is C19H27N3O2S. The van der Waals surface area contributed by atoms with E-state index in [1.54, 1.807) is 17.5 Å². The fourth-order valence-electron chi connectivity index (χ4n) is 2.43. The predicted octanol–water partition coefficient (Wildman–Crippen LogP) is 4.82. The van der Waals surface area contributed by atoms with Gasteiger partial charge >= 0.3 is 5.97 Å². The molecule has 0 aromatic carbocycles. The number of carboxylic acids is 1. The van der Waals surface area contributed by atoms with Crippen molar-refractivity contribution in [2.45, 2.75) is 71.6 Å². The van der Waals surface area contributed by atoms with E-state index in [-0.39, 0.29) is 11.8 Å². The van der Waals surface area contributed by atoms with Crippen molar-refractivity contribution in [3.8, 4) is 10.6 Å². The van der Waals surface area contributed by atoms with E-state index < -0.39 is 5.97 Å². The molecule has 2 aromatic heterocycles. The number of carbonyl (C=O) groups is 1. The van der Waals surface area contributed by atoms with Gasteiger partial charge in [0.1, 0.15) is 5.82 Å². The lowest BCUT2D eigenvalue weighted by Gasteiger charge is -2.13. The van der Waals surface area contributed by atoms with E-state index in [4.69, 9.17) is 15.1 Å². The van der Waals surface area contributed by atoms with Crippen molar-refractivity contribution >= 4 is 17.3 Å². The smallest absolute Gasteiger partial charge is 0.303 e. The molecule has 0 unspecified atom stereocenters. The molecule has 0 saturated carbocycles. The van der Waals surface area contributed by atoms with Crippen LogP contribution in [0.25, 0.3) is 10.6 Å². The summed E-state index contributed by atoms with van der Waals surface area (Å²) in [5, 5.41) is 9.84. The maximum absolute atomic E-state index is 10.6. The summed E-state index contributed by atoms with van der Waals surface area (Å²) < 4.78 is 0. The lowest BCUT2D eigenvalue weighted by molar-refractivity contribution is -0.137. The first kappa shape index (κ1) is 19.5. The number of hydrogen-bond donors (Lipinski definition) is 1. The van der Waals surface area contributed by atoms with Crippen molar-refractivity contribution in [2.24, 2.45) is 0 Å². The van der Waals surface area contributed by atoms with Gasteiger partial charge in [-0.15, -0.1) is 11.3 Å². The number of aryl methyl sites for hydroxylation is 1. The molecule has 0 radical (unpaired) electrons. The second-order valence-corrected chi connectivity index (χ2v) is 8.60. The zero-order valence-electron chi connectivity index (χ0n) is 15.7. The van der Waals surface area contributed by atoms with Crippen LogP contribution in [0.2, 0.25) is 0 Å². The second-order valence-electron chi connectivity index (χ2n) is 7.60. The lowest BCUT2D eigenvalue weighted by Crippen LogP contribution is -2.10. The molecule has 0 fully saturated rings. The third-order valence-corrected chi connectivity index (χ3v) is 5.34. The minimum Gasteiger partial charge on any atom is -0.481 e. The van der Waals surface area contributed by atoms with Gasteiger partial charge < -0.3 is 5.11 Å². The van der Waals surface area contributed by atoms with Gasteiger partial charge in [0.2, 0.25) is 0 Å². The molecule has 0 spiro atoms. The third-order valence-electron chi connectivity index (χ3n) is 3.82. The van der Waals surface area contributed by atoms with E-state index in [0.717, 1.165) is 33.5 Å². The van der Waals surface area contributed by atoms with Crippen molar-refractivity contribution in [1.82, 2.24) is 15.0 Å². The van der Waals surface area contributed by atoms with E-state index in [9.17, 15) is 4.79 Å². The Kier molecular flexibility index (Phi) is 6.27. The molecule has 0 amide bonds. The quantitative estimate of drug-likeness (QED) is 0.716. The number of aromatic nitrogens is 3. The molecule has 6 heteroatoms. The average Bonchev–Trinajstić information content (AvgIpc) is 2.97. The molecule has 0 aliphatic rings. The number of nitrogens with zero attached hydrogens (tertiary/aromatic N) is 3. The van der Waals surface area contributed by atoms with Crippen LogP contribution in [0.3, 0.4) is 0 Å². The summed E-state index contributed by atoms with van der Waals surface area (Å²) in [7, 11) is 0. The molecule has 0 saturated heterocycles. The number of carboxylic acid groups (broad SMARTS) is 1. The van der Waals surface area contributed by atoms with Crippen molar-refractivity contribution < 1.29 is 9.90 Å². The van der Waals surface area contributed by atoms with E-state index in [1.165, 1.54) is 0 Å². The van der Waals surface area contributed by atoms with Crippen LogP contribution < -0.4 is 0 Å². The van der Waals surface area contributed by atoms with Gasteiger partial charge in [0.05, 0.1) is 21.3 Å². The van der Waals surface area contributed by atoms with Crippen molar-refractivity contribution in [3.63, 3.8) is 0 Å². The van der Waals surface area contributed by atoms with Gasteiger partial charge in [0, 0.05) is 24.5 Å². The van der Waals surface area contributed by atoms with Gasteiger partial charge in [0.25, 0.3) is 0 Å². The highest BCUT2D eigenvalue weighted by Crippen LogP contribution is 2.38. The largest absolute Gasteiger partial charge is 0.481 e. The maximum atomic E-state index is 10.6. The minimum absolute atomic E-state index is 0.0131. The number of rotatable bonds is 7. The SMILES string of the molecule is CC(C)c1nc(C(C)(C)C)sc1-c1ccnc(CCCCC(=O)O)n1. The molecule has 25 heavy (non-hydrogen) atoms. The first-order valence-electron chi connectivity index (χ1n) is 8.73. The second kappa shape index (κ2) is 8.04. The normalized spacial score (nSPS) is 11.9. The summed E-state index contributed by atoms with van der Waals surface area (Å²) in [6.45, 7) is 10.8. The van der Waals surface area contributed by atoms with Crippen LogP contribution in [0, 0.1) is 0 Å². The van der Waals surface area contributed by atoms with Crippen LogP contribution in [-0.2, 0) is 16.6 Å². The molecule has 136 valence electrons. The lowest BCUT2D eigenvalue weighted by atomic mass is 9.98. The topological polar surface area (TPSA) is 76.0 Å². The van der Waals surface area contributed by atoms with Gasteiger partial charge in [-0.2, -0.15) is 0 Å². The predicted molar refractivity (Wildman–Crippen MR) is 101 cm³/mol. The Balaban J connectivity index is 2.25. The van der Waals surface area contributed by atoms with Gasteiger partial charge in [-0.25, -0.2) is 15.0 Å². The maximum Gasteiger partial charge on any atom is 0.303 e. The van der Waals surface area contributed by atoms with Crippen molar-refractivity contribution in [2.75, 3.05) is 0 Å². The monoisotopic (exact) mass is 361 g/mol. The Bertz CT molecular complexity index is 733. The van der Waals surface area contributed by atoms with Crippen LogP contribution in [0.1, 0.15) is 76.3 Å². The molecule has 1 N–H and O–H groups in total.